The molecule has 2 aromatic carbocycles. The summed E-state index contributed by atoms with van der Waals surface area (Å²) in [6, 6.07) is 8.91. The van der Waals surface area contributed by atoms with Crippen LogP contribution in [0.15, 0.2) is 36.4 Å². The van der Waals surface area contributed by atoms with Crippen molar-refractivity contribution >= 4 is 21.6 Å². The van der Waals surface area contributed by atoms with Gasteiger partial charge in [0, 0.05) is 6.07 Å². The number of benzene rings is 2. The van der Waals surface area contributed by atoms with E-state index in [1.165, 1.54) is 0 Å². The Morgan fingerprint density at radius 1 is 0.875 bits per heavy atom. The van der Waals surface area contributed by atoms with Crippen LogP contribution >= 0.6 is 0 Å². The van der Waals surface area contributed by atoms with Crippen molar-refractivity contribution in [3.8, 4) is 23.0 Å². The third kappa shape index (κ3) is 4.55. The maximum absolute atomic E-state index is 13.0. The Labute approximate surface area is 187 Å². The number of rotatable bonds is 6. The summed E-state index contributed by atoms with van der Waals surface area (Å²) in [4.78, 5) is 13.0. The van der Waals surface area contributed by atoms with Gasteiger partial charge in [-0.05, 0) is 43.7 Å². The van der Waals surface area contributed by atoms with Gasteiger partial charge in [-0.25, -0.2) is 8.42 Å². The van der Waals surface area contributed by atoms with Gasteiger partial charge in [-0.1, -0.05) is 6.07 Å². The van der Waals surface area contributed by atoms with Gasteiger partial charge in [0.05, 0.1) is 18.0 Å². The van der Waals surface area contributed by atoms with E-state index in [4.69, 9.17) is 18.9 Å². The highest BCUT2D eigenvalue weighted by molar-refractivity contribution is 7.92. The molecule has 0 aliphatic carbocycles. The largest absolute Gasteiger partial charge is 0.486 e. The van der Waals surface area contributed by atoms with Crippen LogP contribution in [0.3, 0.4) is 0 Å². The molecule has 2 aliphatic rings. The van der Waals surface area contributed by atoms with Crippen LogP contribution in [0.4, 0.5) is 5.69 Å². The lowest BCUT2D eigenvalue weighted by Crippen LogP contribution is -2.48. The van der Waals surface area contributed by atoms with Crippen LogP contribution in [-0.4, -0.2) is 53.1 Å². The highest BCUT2D eigenvalue weighted by atomic mass is 32.2. The van der Waals surface area contributed by atoms with E-state index >= 15 is 0 Å². The minimum Gasteiger partial charge on any atom is -0.486 e. The maximum atomic E-state index is 13.0. The molecule has 0 fully saturated rings. The number of nitrogens with one attached hydrogen (secondary N) is 1. The molecule has 0 spiro atoms. The van der Waals surface area contributed by atoms with Crippen LogP contribution < -0.4 is 28.6 Å². The standard InChI is InChI=1S/C22H26N2O7S/c1-14(16-4-6-18-20(12-16)30-10-8-28-18)23-22(25)15(2)24(32(3,26)27)17-5-7-19-21(13-17)31-11-9-29-19/h4-7,12-15H,8-11H2,1-3H3,(H,23,25)/t14-,15+/m1/s1. The summed E-state index contributed by atoms with van der Waals surface area (Å²) >= 11 is 0. The molecule has 2 aliphatic heterocycles. The summed E-state index contributed by atoms with van der Waals surface area (Å²) in [6.45, 7) is 5.14. The van der Waals surface area contributed by atoms with Gasteiger partial charge in [0.15, 0.2) is 23.0 Å². The van der Waals surface area contributed by atoms with Crippen LogP contribution in [0.2, 0.25) is 0 Å². The number of hydrogen-bond donors (Lipinski definition) is 1. The molecule has 1 amide bonds. The molecule has 0 saturated carbocycles. The molecule has 2 atom stereocenters. The fourth-order valence-corrected chi connectivity index (χ4v) is 4.89. The first-order chi connectivity index (χ1) is 15.2. The quantitative estimate of drug-likeness (QED) is 0.702. The molecule has 32 heavy (non-hydrogen) atoms. The van der Waals surface area contributed by atoms with Crippen LogP contribution in [0.5, 0.6) is 23.0 Å². The Morgan fingerprint density at radius 3 is 2.00 bits per heavy atom. The first-order valence-corrected chi connectivity index (χ1v) is 12.2. The van der Waals surface area contributed by atoms with Crippen LogP contribution in [0.1, 0.15) is 25.5 Å². The number of anilines is 1. The van der Waals surface area contributed by atoms with Crippen molar-refractivity contribution in [2.24, 2.45) is 0 Å². The number of carbonyl (C=O) groups is 1. The SMILES string of the molecule is C[C@@H](NC(=O)[C@H](C)N(c1ccc2c(c1)OCCO2)S(C)(=O)=O)c1ccc2c(c1)OCCO2. The topological polar surface area (TPSA) is 103 Å². The van der Waals surface area contributed by atoms with E-state index in [9.17, 15) is 13.2 Å². The third-order valence-corrected chi connectivity index (χ3v) is 6.54. The first-order valence-electron chi connectivity index (χ1n) is 10.3. The lowest BCUT2D eigenvalue weighted by atomic mass is 10.1. The smallest absolute Gasteiger partial charge is 0.244 e. The monoisotopic (exact) mass is 462 g/mol. The van der Waals surface area contributed by atoms with Gasteiger partial charge in [-0.2, -0.15) is 0 Å². The van der Waals surface area contributed by atoms with Gasteiger partial charge < -0.3 is 24.3 Å². The Hall–Kier alpha value is -3.14. The molecule has 2 aromatic rings. The molecule has 172 valence electrons. The Balaban J connectivity index is 1.54. The number of carbonyl (C=O) groups excluding carboxylic acids is 1. The summed E-state index contributed by atoms with van der Waals surface area (Å²) in [5, 5.41) is 2.89. The molecule has 0 unspecified atom stereocenters. The van der Waals surface area contributed by atoms with Crippen LogP contribution in [0, 0.1) is 0 Å². The van der Waals surface area contributed by atoms with Crippen molar-refractivity contribution in [2.75, 3.05) is 37.0 Å². The molecule has 10 heteroatoms. The van der Waals surface area contributed by atoms with Crippen molar-refractivity contribution in [3.05, 3.63) is 42.0 Å². The van der Waals surface area contributed by atoms with E-state index in [1.54, 1.807) is 31.2 Å². The summed E-state index contributed by atoms with van der Waals surface area (Å²) in [5.41, 5.74) is 1.14. The number of ether oxygens (including phenoxy) is 4. The average Bonchev–Trinajstić information content (AvgIpc) is 2.77. The molecule has 0 saturated heterocycles. The fraction of sp³-hybridized carbons (Fsp3) is 0.409. The second-order valence-electron chi connectivity index (χ2n) is 7.70. The van der Waals surface area contributed by atoms with Gasteiger partial charge in [0.2, 0.25) is 15.9 Å². The molecule has 0 aromatic heterocycles. The van der Waals surface area contributed by atoms with Gasteiger partial charge in [-0.15, -0.1) is 0 Å². The average molecular weight is 463 g/mol. The number of fused-ring (bicyclic) bond motifs is 2. The summed E-state index contributed by atoms with van der Waals surface area (Å²) in [5.74, 6) is 1.83. The predicted molar refractivity (Wildman–Crippen MR) is 118 cm³/mol. The summed E-state index contributed by atoms with van der Waals surface area (Å²) < 4.78 is 48.5. The van der Waals surface area contributed by atoms with E-state index < -0.39 is 22.0 Å². The maximum Gasteiger partial charge on any atom is 0.244 e. The lowest BCUT2D eigenvalue weighted by molar-refractivity contribution is -0.122. The van der Waals surface area contributed by atoms with E-state index in [-0.39, 0.29) is 6.04 Å². The molecule has 0 bridgehead atoms. The first kappa shape index (κ1) is 22.1. The molecule has 9 nitrogen and oxygen atoms in total. The van der Waals surface area contributed by atoms with E-state index in [0.717, 1.165) is 16.1 Å². The summed E-state index contributed by atoms with van der Waals surface area (Å²) in [7, 11) is -3.76. The van der Waals surface area contributed by atoms with Crippen molar-refractivity contribution in [2.45, 2.75) is 25.9 Å². The van der Waals surface area contributed by atoms with E-state index in [2.05, 4.69) is 5.32 Å². The van der Waals surface area contributed by atoms with E-state index in [1.807, 2.05) is 19.1 Å². The van der Waals surface area contributed by atoms with Crippen molar-refractivity contribution in [1.82, 2.24) is 5.32 Å². The third-order valence-electron chi connectivity index (χ3n) is 5.29. The Kier molecular flexibility index (Phi) is 6.05. The second kappa shape index (κ2) is 8.78. The molecular formula is C22H26N2O7S. The molecule has 4 rings (SSSR count). The van der Waals surface area contributed by atoms with Gasteiger partial charge in [-0.3, -0.25) is 9.10 Å². The van der Waals surface area contributed by atoms with Crippen molar-refractivity contribution in [1.29, 1.82) is 0 Å². The number of sulfonamides is 1. The predicted octanol–water partition coefficient (Wildman–Crippen LogP) is 2.26. The molecule has 1 N–H and O–H groups in total. The van der Waals surface area contributed by atoms with Gasteiger partial charge in [0.1, 0.15) is 32.5 Å². The number of amides is 1. The number of nitrogens with zero attached hydrogens (tertiary/aromatic N) is 1. The highest BCUT2D eigenvalue weighted by Gasteiger charge is 2.31. The summed E-state index contributed by atoms with van der Waals surface area (Å²) in [6.07, 6.45) is 1.07. The minimum absolute atomic E-state index is 0.325. The molecular weight excluding hydrogens is 436 g/mol. The normalized spacial score (nSPS) is 16.6. The Morgan fingerprint density at radius 2 is 1.41 bits per heavy atom. The van der Waals surface area contributed by atoms with Gasteiger partial charge in [0.25, 0.3) is 0 Å². The zero-order valence-corrected chi connectivity index (χ0v) is 19.0. The molecule has 0 radical (unpaired) electrons. The second-order valence-corrected chi connectivity index (χ2v) is 9.56. The highest BCUT2D eigenvalue weighted by Crippen LogP contribution is 2.36. The fourth-order valence-electron chi connectivity index (χ4n) is 3.72. The minimum atomic E-state index is -3.76. The Bertz CT molecular complexity index is 1120. The van der Waals surface area contributed by atoms with Gasteiger partial charge >= 0.3 is 0 Å². The zero-order chi connectivity index (χ0) is 22.9. The zero-order valence-electron chi connectivity index (χ0n) is 18.2. The van der Waals surface area contributed by atoms with E-state index in [0.29, 0.717) is 55.1 Å². The molecule has 2 heterocycles. The van der Waals surface area contributed by atoms with Crippen molar-refractivity contribution < 1.29 is 32.2 Å². The lowest BCUT2D eigenvalue weighted by Gasteiger charge is -2.30. The van der Waals surface area contributed by atoms with Crippen LogP contribution in [0.25, 0.3) is 0 Å². The van der Waals surface area contributed by atoms with Crippen molar-refractivity contribution in [3.63, 3.8) is 0 Å². The van der Waals surface area contributed by atoms with Crippen LogP contribution in [-0.2, 0) is 14.8 Å². The number of hydrogen-bond acceptors (Lipinski definition) is 7.